The fourth-order valence-electron chi connectivity index (χ4n) is 1.76. The molecule has 0 spiro atoms. The van der Waals surface area contributed by atoms with Gasteiger partial charge in [-0.2, -0.15) is 0 Å². The first-order valence-electron chi connectivity index (χ1n) is 5.67. The van der Waals surface area contributed by atoms with Crippen molar-refractivity contribution < 1.29 is 14.7 Å². The highest BCUT2D eigenvalue weighted by Gasteiger charge is 2.23. The zero-order valence-corrected chi connectivity index (χ0v) is 10.3. The summed E-state index contributed by atoms with van der Waals surface area (Å²) in [5, 5.41) is 8.73. The van der Waals surface area contributed by atoms with Crippen LogP contribution >= 0.6 is 0 Å². The van der Waals surface area contributed by atoms with Crippen LogP contribution in [0.1, 0.15) is 30.6 Å². The molecule has 0 aliphatic rings. The molecule has 1 atom stereocenters. The Labute approximate surface area is 104 Å². The summed E-state index contributed by atoms with van der Waals surface area (Å²) < 4.78 is 0. The average Bonchev–Trinajstić information content (AvgIpc) is 2.29. The third-order valence-electron chi connectivity index (χ3n) is 2.65. The SMILES string of the molecule is CCN(C(=O)c1ccc[nH]c1=O)C(C)CC(=O)O. The van der Waals surface area contributed by atoms with Crippen LogP contribution in [0.25, 0.3) is 0 Å². The summed E-state index contributed by atoms with van der Waals surface area (Å²) in [4.78, 5) is 38.1. The first-order valence-corrected chi connectivity index (χ1v) is 5.67. The lowest BCUT2D eigenvalue weighted by Crippen LogP contribution is -2.41. The van der Waals surface area contributed by atoms with Crippen LogP contribution in [0.2, 0.25) is 0 Å². The minimum atomic E-state index is -0.976. The third kappa shape index (κ3) is 3.19. The molecular formula is C12H16N2O4. The molecule has 0 aliphatic heterocycles. The molecule has 1 heterocycles. The van der Waals surface area contributed by atoms with Crippen molar-refractivity contribution in [1.82, 2.24) is 9.88 Å². The van der Waals surface area contributed by atoms with Crippen molar-refractivity contribution in [3.05, 3.63) is 34.2 Å². The van der Waals surface area contributed by atoms with Crippen molar-refractivity contribution in [2.24, 2.45) is 0 Å². The molecule has 0 aliphatic carbocycles. The van der Waals surface area contributed by atoms with E-state index < -0.39 is 23.5 Å². The maximum absolute atomic E-state index is 12.1. The monoisotopic (exact) mass is 252 g/mol. The number of pyridine rings is 1. The second-order valence-corrected chi connectivity index (χ2v) is 3.95. The largest absolute Gasteiger partial charge is 0.481 e. The lowest BCUT2D eigenvalue weighted by molar-refractivity contribution is -0.138. The lowest BCUT2D eigenvalue weighted by Gasteiger charge is -2.26. The number of aliphatic carboxylic acids is 1. The van der Waals surface area contributed by atoms with Crippen LogP contribution in [0.5, 0.6) is 0 Å². The Kier molecular flexibility index (Phi) is 4.65. The van der Waals surface area contributed by atoms with Crippen LogP contribution in [0.15, 0.2) is 23.1 Å². The Morgan fingerprint density at radius 3 is 2.67 bits per heavy atom. The average molecular weight is 252 g/mol. The first-order chi connectivity index (χ1) is 8.47. The molecule has 1 amide bonds. The van der Waals surface area contributed by atoms with E-state index in [-0.39, 0.29) is 12.0 Å². The molecule has 1 aromatic heterocycles. The summed E-state index contributed by atoms with van der Waals surface area (Å²) in [6.45, 7) is 3.74. The van der Waals surface area contributed by atoms with E-state index in [0.717, 1.165) is 0 Å². The molecule has 0 aromatic carbocycles. The highest BCUT2D eigenvalue weighted by atomic mass is 16.4. The zero-order valence-electron chi connectivity index (χ0n) is 10.3. The van der Waals surface area contributed by atoms with Crippen LogP contribution in [-0.4, -0.2) is 39.5 Å². The minimum Gasteiger partial charge on any atom is -0.481 e. The quantitative estimate of drug-likeness (QED) is 0.807. The van der Waals surface area contributed by atoms with Gasteiger partial charge in [-0.1, -0.05) is 0 Å². The number of hydrogen-bond donors (Lipinski definition) is 2. The van der Waals surface area contributed by atoms with Crippen LogP contribution in [0.3, 0.4) is 0 Å². The molecule has 0 saturated carbocycles. The number of H-pyrrole nitrogens is 1. The summed E-state index contributed by atoms with van der Waals surface area (Å²) in [7, 11) is 0. The van der Waals surface area contributed by atoms with Gasteiger partial charge in [0.1, 0.15) is 5.56 Å². The number of aromatic amines is 1. The van der Waals surface area contributed by atoms with Crippen LogP contribution < -0.4 is 5.56 Å². The van der Waals surface area contributed by atoms with Crippen LogP contribution in [0, 0.1) is 0 Å². The normalized spacial score (nSPS) is 11.9. The molecule has 1 aromatic rings. The van der Waals surface area contributed by atoms with E-state index in [1.807, 2.05) is 0 Å². The maximum atomic E-state index is 12.1. The standard InChI is InChI=1S/C12H16N2O4/c1-3-14(8(2)7-10(15)16)12(18)9-5-4-6-13-11(9)17/h4-6,8H,3,7H2,1-2H3,(H,13,17)(H,15,16). The van der Waals surface area contributed by atoms with Gasteiger partial charge in [-0.15, -0.1) is 0 Å². The van der Waals surface area contributed by atoms with Gasteiger partial charge in [0.05, 0.1) is 6.42 Å². The highest BCUT2D eigenvalue weighted by Crippen LogP contribution is 2.08. The van der Waals surface area contributed by atoms with Gasteiger partial charge < -0.3 is 15.0 Å². The number of carboxylic acid groups (broad SMARTS) is 1. The topological polar surface area (TPSA) is 90.5 Å². The second kappa shape index (κ2) is 6.00. The molecule has 0 bridgehead atoms. The molecule has 1 rings (SSSR count). The minimum absolute atomic E-state index is 0.0246. The lowest BCUT2D eigenvalue weighted by atomic mass is 10.1. The summed E-state index contributed by atoms with van der Waals surface area (Å²) in [5.41, 5.74) is -0.444. The van der Waals surface area contributed by atoms with Gasteiger partial charge in [-0.25, -0.2) is 0 Å². The Morgan fingerprint density at radius 1 is 1.50 bits per heavy atom. The van der Waals surface area contributed by atoms with Gasteiger partial charge in [0, 0.05) is 18.8 Å². The van der Waals surface area contributed by atoms with E-state index in [9.17, 15) is 14.4 Å². The van der Waals surface area contributed by atoms with Crippen molar-refractivity contribution in [2.75, 3.05) is 6.54 Å². The van der Waals surface area contributed by atoms with Gasteiger partial charge in [-0.3, -0.25) is 14.4 Å². The van der Waals surface area contributed by atoms with E-state index >= 15 is 0 Å². The Bertz CT molecular complexity index is 495. The predicted molar refractivity (Wildman–Crippen MR) is 65.5 cm³/mol. The second-order valence-electron chi connectivity index (χ2n) is 3.95. The molecular weight excluding hydrogens is 236 g/mol. The Morgan fingerprint density at radius 2 is 2.17 bits per heavy atom. The summed E-state index contributed by atoms with van der Waals surface area (Å²) in [6.07, 6.45) is 1.29. The van der Waals surface area contributed by atoms with E-state index in [0.29, 0.717) is 6.54 Å². The van der Waals surface area contributed by atoms with Gasteiger partial charge in [0.15, 0.2) is 0 Å². The molecule has 6 nitrogen and oxygen atoms in total. The van der Waals surface area contributed by atoms with Gasteiger partial charge in [0.2, 0.25) is 0 Å². The molecule has 98 valence electrons. The molecule has 6 heteroatoms. The maximum Gasteiger partial charge on any atom is 0.305 e. The van der Waals surface area contributed by atoms with E-state index in [1.54, 1.807) is 19.9 Å². The fourth-order valence-corrected chi connectivity index (χ4v) is 1.76. The number of aromatic nitrogens is 1. The van der Waals surface area contributed by atoms with Gasteiger partial charge >= 0.3 is 5.97 Å². The summed E-state index contributed by atoms with van der Waals surface area (Å²) in [6, 6.07) is 2.53. The van der Waals surface area contributed by atoms with Crippen molar-refractivity contribution in [2.45, 2.75) is 26.3 Å². The van der Waals surface area contributed by atoms with Crippen LogP contribution in [-0.2, 0) is 4.79 Å². The molecule has 0 radical (unpaired) electrons. The zero-order chi connectivity index (χ0) is 13.7. The van der Waals surface area contributed by atoms with E-state index in [4.69, 9.17) is 5.11 Å². The number of carbonyl (C=O) groups excluding carboxylic acids is 1. The van der Waals surface area contributed by atoms with Crippen molar-refractivity contribution >= 4 is 11.9 Å². The van der Waals surface area contributed by atoms with Crippen molar-refractivity contribution in [1.29, 1.82) is 0 Å². The molecule has 0 saturated heterocycles. The van der Waals surface area contributed by atoms with Gasteiger partial charge in [0.25, 0.3) is 11.5 Å². The summed E-state index contributed by atoms with van der Waals surface area (Å²) >= 11 is 0. The Balaban J connectivity index is 2.96. The number of nitrogens with one attached hydrogen (secondary N) is 1. The number of hydrogen-bond acceptors (Lipinski definition) is 3. The molecule has 0 fully saturated rings. The van der Waals surface area contributed by atoms with Gasteiger partial charge in [-0.05, 0) is 26.0 Å². The number of carbonyl (C=O) groups is 2. The van der Waals surface area contributed by atoms with E-state index in [2.05, 4.69) is 4.98 Å². The van der Waals surface area contributed by atoms with Crippen LogP contribution in [0.4, 0.5) is 0 Å². The summed E-state index contributed by atoms with van der Waals surface area (Å²) in [5.74, 6) is -1.43. The number of rotatable bonds is 5. The van der Waals surface area contributed by atoms with E-state index in [1.165, 1.54) is 17.2 Å². The number of amides is 1. The molecule has 18 heavy (non-hydrogen) atoms. The highest BCUT2D eigenvalue weighted by molar-refractivity contribution is 5.94. The third-order valence-corrected chi connectivity index (χ3v) is 2.65. The molecule has 1 unspecified atom stereocenters. The fraction of sp³-hybridized carbons (Fsp3) is 0.417. The Hall–Kier alpha value is -2.11. The first kappa shape index (κ1) is 14.0. The smallest absolute Gasteiger partial charge is 0.305 e. The molecule has 2 N–H and O–H groups in total. The predicted octanol–water partition coefficient (Wildman–Crippen LogP) is 0.700. The van der Waals surface area contributed by atoms with Crippen molar-refractivity contribution in [3.63, 3.8) is 0 Å². The van der Waals surface area contributed by atoms with Crippen molar-refractivity contribution in [3.8, 4) is 0 Å². The number of carboxylic acids is 1. The number of nitrogens with zero attached hydrogens (tertiary/aromatic N) is 1.